The minimum atomic E-state index is 0.330. The predicted molar refractivity (Wildman–Crippen MR) is 66.4 cm³/mol. The fourth-order valence-electron chi connectivity index (χ4n) is 1.96. The molecule has 4 nitrogen and oxygen atoms in total. The number of imidazole rings is 1. The van der Waals surface area contributed by atoms with Gasteiger partial charge in [0.25, 0.3) is 0 Å². The van der Waals surface area contributed by atoms with E-state index >= 15 is 0 Å². The molecule has 2 aromatic rings. The van der Waals surface area contributed by atoms with Crippen LogP contribution in [0.25, 0.3) is 11.0 Å². The van der Waals surface area contributed by atoms with Crippen molar-refractivity contribution in [1.29, 1.82) is 0 Å². The monoisotopic (exact) mass is 218 g/mol. The predicted octanol–water partition coefficient (Wildman–Crippen LogP) is 1.05. The Morgan fingerprint density at radius 2 is 2.19 bits per heavy atom. The Morgan fingerprint density at radius 3 is 2.88 bits per heavy atom. The van der Waals surface area contributed by atoms with Gasteiger partial charge in [0.1, 0.15) is 0 Å². The van der Waals surface area contributed by atoms with Gasteiger partial charge in [0.05, 0.1) is 17.4 Å². The number of likely N-dealkylation sites (N-methyl/N-ethyl adjacent to an activating group) is 2. The molecule has 2 rings (SSSR count). The number of hydrogen-bond acceptors (Lipinski definition) is 3. The van der Waals surface area contributed by atoms with E-state index < -0.39 is 0 Å². The lowest BCUT2D eigenvalue weighted by molar-refractivity contribution is 0.559. The molecule has 0 spiro atoms. The molecule has 0 fully saturated rings. The second-order valence-electron chi connectivity index (χ2n) is 4.00. The average molecular weight is 218 g/mol. The number of rotatable bonds is 4. The third-order valence-electron chi connectivity index (χ3n) is 2.91. The van der Waals surface area contributed by atoms with E-state index in [0.717, 1.165) is 12.1 Å². The summed E-state index contributed by atoms with van der Waals surface area (Å²) in [6.45, 7) is 0.912. The summed E-state index contributed by atoms with van der Waals surface area (Å²) in [5.41, 5.74) is 3.49. The van der Waals surface area contributed by atoms with Gasteiger partial charge >= 0.3 is 0 Å². The number of hydrogen-bond donors (Lipinski definition) is 2. The molecule has 1 aromatic carbocycles. The van der Waals surface area contributed by atoms with Gasteiger partial charge in [0, 0.05) is 19.6 Å². The molecule has 0 aliphatic heterocycles. The van der Waals surface area contributed by atoms with Gasteiger partial charge in [-0.1, -0.05) is 6.07 Å². The third-order valence-corrected chi connectivity index (χ3v) is 2.91. The average Bonchev–Trinajstić information content (AvgIpc) is 2.67. The minimum Gasteiger partial charge on any atom is -0.334 e. The highest BCUT2D eigenvalue weighted by Gasteiger charge is 2.09. The van der Waals surface area contributed by atoms with Crippen molar-refractivity contribution >= 4 is 11.0 Å². The molecule has 1 aromatic heterocycles. The largest absolute Gasteiger partial charge is 0.334 e. The van der Waals surface area contributed by atoms with Crippen molar-refractivity contribution in [2.75, 3.05) is 20.6 Å². The number of nitrogens with one attached hydrogen (secondary N) is 2. The number of fused-ring (bicyclic) bond motifs is 1. The Labute approximate surface area is 95.7 Å². The van der Waals surface area contributed by atoms with Gasteiger partial charge in [0.15, 0.2) is 0 Å². The molecule has 0 aliphatic carbocycles. The van der Waals surface area contributed by atoms with Crippen molar-refractivity contribution in [3.05, 3.63) is 30.1 Å². The van der Waals surface area contributed by atoms with Crippen molar-refractivity contribution in [3.63, 3.8) is 0 Å². The Morgan fingerprint density at radius 1 is 1.38 bits per heavy atom. The van der Waals surface area contributed by atoms with Gasteiger partial charge in [-0.15, -0.1) is 0 Å². The summed E-state index contributed by atoms with van der Waals surface area (Å²) in [5.74, 6) is 0. The molecule has 16 heavy (non-hydrogen) atoms. The van der Waals surface area contributed by atoms with Crippen molar-refractivity contribution in [2.45, 2.75) is 6.04 Å². The summed E-state index contributed by atoms with van der Waals surface area (Å²) in [4.78, 5) is 4.37. The Hall–Kier alpha value is -1.39. The molecule has 86 valence electrons. The Balaban J connectivity index is 2.37. The molecule has 0 aliphatic rings. The summed E-state index contributed by atoms with van der Waals surface area (Å²) < 4.78 is 2.03. The van der Waals surface area contributed by atoms with Crippen molar-refractivity contribution in [1.82, 2.24) is 20.2 Å². The van der Waals surface area contributed by atoms with E-state index in [4.69, 9.17) is 0 Å². The molecule has 0 bridgehead atoms. The van der Waals surface area contributed by atoms with Crippen LogP contribution in [0.1, 0.15) is 11.6 Å². The zero-order valence-electron chi connectivity index (χ0n) is 9.99. The van der Waals surface area contributed by atoms with Gasteiger partial charge in [-0.3, -0.25) is 0 Å². The Kier molecular flexibility index (Phi) is 3.22. The van der Waals surface area contributed by atoms with E-state index in [9.17, 15) is 0 Å². The first-order valence-corrected chi connectivity index (χ1v) is 5.49. The van der Waals surface area contributed by atoms with E-state index in [-0.39, 0.29) is 0 Å². The number of aryl methyl sites for hydroxylation is 1. The standard InChI is InChI=1S/C12H18N4/c1-13-7-11(14-2)9-4-5-12-10(6-9)15-8-16(12)3/h4-6,8,11,13-14H,7H2,1-3H3. The third kappa shape index (κ3) is 1.94. The van der Waals surface area contributed by atoms with E-state index in [1.165, 1.54) is 11.1 Å². The highest BCUT2D eigenvalue weighted by atomic mass is 15.0. The normalized spacial score (nSPS) is 13.2. The number of nitrogens with zero attached hydrogens (tertiary/aromatic N) is 2. The maximum absolute atomic E-state index is 4.37. The molecular formula is C12H18N4. The van der Waals surface area contributed by atoms with Crippen LogP contribution in [0.4, 0.5) is 0 Å². The molecule has 1 atom stereocenters. The Bertz CT molecular complexity index is 475. The smallest absolute Gasteiger partial charge is 0.0955 e. The maximum Gasteiger partial charge on any atom is 0.0955 e. The fraction of sp³-hybridized carbons (Fsp3) is 0.417. The van der Waals surface area contributed by atoms with Crippen LogP contribution in [-0.4, -0.2) is 30.2 Å². The van der Waals surface area contributed by atoms with E-state index in [2.05, 4.69) is 33.8 Å². The highest BCUT2D eigenvalue weighted by Crippen LogP contribution is 2.18. The lowest BCUT2D eigenvalue weighted by Gasteiger charge is -2.16. The summed E-state index contributed by atoms with van der Waals surface area (Å²) in [6, 6.07) is 6.75. The zero-order valence-corrected chi connectivity index (χ0v) is 9.99. The van der Waals surface area contributed by atoms with E-state index in [1.807, 2.05) is 32.0 Å². The van der Waals surface area contributed by atoms with Crippen LogP contribution in [0, 0.1) is 0 Å². The number of benzene rings is 1. The molecule has 0 saturated heterocycles. The van der Waals surface area contributed by atoms with Crippen molar-refractivity contribution in [2.24, 2.45) is 7.05 Å². The first kappa shape index (κ1) is 11.1. The molecule has 1 unspecified atom stereocenters. The second kappa shape index (κ2) is 4.63. The fourth-order valence-corrected chi connectivity index (χ4v) is 1.96. The summed E-state index contributed by atoms with van der Waals surface area (Å²) in [6.07, 6.45) is 1.85. The van der Waals surface area contributed by atoms with Crippen LogP contribution in [-0.2, 0) is 7.05 Å². The lowest BCUT2D eigenvalue weighted by Crippen LogP contribution is -2.27. The quantitative estimate of drug-likeness (QED) is 0.806. The van der Waals surface area contributed by atoms with Crippen molar-refractivity contribution in [3.8, 4) is 0 Å². The molecule has 1 heterocycles. The SMILES string of the molecule is CNCC(NC)c1ccc2c(c1)ncn2C. The van der Waals surface area contributed by atoms with Gasteiger partial charge in [0.2, 0.25) is 0 Å². The molecule has 0 amide bonds. The summed E-state index contributed by atoms with van der Waals surface area (Å²) in [5, 5.41) is 6.48. The highest BCUT2D eigenvalue weighted by molar-refractivity contribution is 5.76. The lowest BCUT2D eigenvalue weighted by atomic mass is 10.1. The van der Waals surface area contributed by atoms with Crippen LogP contribution in [0.2, 0.25) is 0 Å². The van der Waals surface area contributed by atoms with Crippen LogP contribution in [0.15, 0.2) is 24.5 Å². The molecule has 4 heteroatoms. The van der Waals surface area contributed by atoms with Gasteiger partial charge in [-0.25, -0.2) is 4.98 Å². The first-order chi connectivity index (χ1) is 7.76. The topological polar surface area (TPSA) is 41.9 Å². The zero-order chi connectivity index (χ0) is 11.5. The molecule has 0 radical (unpaired) electrons. The summed E-state index contributed by atoms with van der Waals surface area (Å²) in [7, 11) is 5.95. The van der Waals surface area contributed by atoms with E-state index in [0.29, 0.717) is 6.04 Å². The van der Waals surface area contributed by atoms with Gasteiger partial charge in [-0.2, -0.15) is 0 Å². The molecular weight excluding hydrogens is 200 g/mol. The second-order valence-corrected chi connectivity index (χ2v) is 4.00. The van der Waals surface area contributed by atoms with Gasteiger partial charge in [-0.05, 0) is 31.8 Å². The molecule has 0 saturated carbocycles. The summed E-state index contributed by atoms with van der Waals surface area (Å²) >= 11 is 0. The van der Waals surface area contributed by atoms with Crippen LogP contribution in [0.5, 0.6) is 0 Å². The van der Waals surface area contributed by atoms with E-state index in [1.54, 1.807) is 0 Å². The first-order valence-electron chi connectivity index (χ1n) is 5.49. The van der Waals surface area contributed by atoms with Crippen LogP contribution in [0.3, 0.4) is 0 Å². The van der Waals surface area contributed by atoms with Crippen molar-refractivity contribution < 1.29 is 0 Å². The molecule has 2 N–H and O–H groups in total. The van der Waals surface area contributed by atoms with Crippen LogP contribution < -0.4 is 10.6 Å². The maximum atomic E-state index is 4.37. The van der Waals surface area contributed by atoms with Gasteiger partial charge < -0.3 is 15.2 Å². The minimum absolute atomic E-state index is 0.330. The number of aromatic nitrogens is 2. The van der Waals surface area contributed by atoms with Crippen LogP contribution >= 0.6 is 0 Å².